The van der Waals surface area contributed by atoms with Crippen LogP contribution in [0.25, 0.3) is 0 Å². The fourth-order valence-corrected chi connectivity index (χ4v) is 2.26. The van der Waals surface area contributed by atoms with Gasteiger partial charge < -0.3 is 19.3 Å². The Labute approximate surface area is 113 Å². The fraction of sp³-hybridized carbons (Fsp3) is 0.143. The number of aryl methyl sites for hydroxylation is 1. The van der Waals surface area contributed by atoms with E-state index in [1.54, 1.807) is 25.1 Å². The summed E-state index contributed by atoms with van der Waals surface area (Å²) in [4.78, 5) is 12.1. The molecule has 0 fully saturated rings. The Balaban J connectivity index is 2.32. The molecular weight excluding hydrogens is 260 g/mol. The second kappa shape index (κ2) is 4.31. The van der Waals surface area contributed by atoms with E-state index in [2.05, 4.69) is 0 Å². The molecule has 0 spiro atoms. The highest BCUT2D eigenvalue weighted by molar-refractivity contribution is 5.52. The van der Waals surface area contributed by atoms with Crippen LogP contribution in [0.5, 0.6) is 5.75 Å². The third kappa shape index (κ3) is 1.68. The number of hydrogen-bond acceptors (Lipinski definition) is 6. The van der Waals surface area contributed by atoms with Crippen LogP contribution in [-0.4, -0.2) is 0 Å². The molecule has 2 aromatic rings. The highest BCUT2D eigenvalue weighted by Crippen LogP contribution is 2.40. The van der Waals surface area contributed by atoms with Crippen molar-refractivity contribution < 1.29 is 13.6 Å². The van der Waals surface area contributed by atoms with E-state index in [4.69, 9.17) is 19.3 Å². The highest BCUT2D eigenvalue weighted by atomic mass is 16.5. The Bertz CT molecular complexity index is 794. The summed E-state index contributed by atoms with van der Waals surface area (Å²) in [7, 11) is 0. The summed E-state index contributed by atoms with van der Waals surface area (Å²) in [6, 6.07) is 6.87. The molecule has 3 heterocycles. The van der Waals surface area contributed by atoms with Crippen LogP contribution in [-0.2, 0) is 0 Å². The van der Waals surface area contributed by atoms with Gasteiger partial charge in [-0.25, -0.2) is 4.79 Å². The lowest BCUT2D eigenvalue weighted by atomic mass is 9.88. The van der Waals surface area contributed by atoms with Gasteiger partial charge in [0.1, 0.15) is 28.9 Å². The molecule has 0 amide bonds. The first-order chi connectivity index (χ1) is 9.61. The topological polar surface area (TPSA) is 102 Å². The zero-order chi connectivity index (χ0) is 14.3. The monoisotopic (exact) mass is 270 g/mol. The van der Waals surface area contributed by atoms with Gasteiger partial charge in [-0.1, -0.05) is 0 Å². The second-order valence-corrected chi connectivity index (χ2v) is 4.36. The maximum atomic E-state index is 12.1. The van der Waals surface area contributed by atoms with Gasteiger partial charge >= 0.3 is 5.63 Å². The van der Waals surface area contributed by atoms with Crippen LogP contribution in [0.15, 0.2) is 49.5 Å². The van der Waals surface area contributed by atoms with Crippen LogP contribution in [0.2, 0.25) is 0 Å². The summed E-state index contributed by atoms with van der Waals surface area (Å²) in [5.74, 6) is 0.379. The van der Waals surface area contributed by atoms with Crippen molar-refractivity contribution in [2.75, 3.05) is 0 Å². The molecule has 3 rings (SSSR count). The van der Waals surface area contributed by atoms with Gasteiger partial charge in [0.25, 0.3) is 0 Å². The Morgan fingerprint density at radius 1 is 1.45 bits per heavy atom. The molecule has 1 aliphatic rings. The largest absolute Gasteiger partial charge is 0.468 e. The molecule has 100 valence electrons. The van der Waals surface area contributed by atoms with Crippen molar-refractivity contribution in [2.24, 2.45) is 5.73 Å². The summed E-state index contributed by atoms with van der Waals surface area (Å²) in [5, 5.41) is 9.26. The third-order valence-electron chi connectivity index (χ3n) is 3.08. The average Bonchev–Trinajstić information content (AvgIpc) is 2.90. The molecule has 1 atom stereocenters. The van der Waals surface area contributed by atoms with E-state index in [1.807, 2.05) is 6.07 Å². The van der Waals surface area contributed by atoms with Gasteiger partial charge in [0, 0.05) is 6.07 Å². The first-order valence-corrected chi connectivity index (χ1v) is 5.87. The Morgan fingerprint density at radius 2 is 2.25 bits per heavy atom. The average molecular weight is 270 g/mol. The number of ether oxygens (including phenoxy) is 1. The van der Waals surface area contributed by atoms with E-state index in [-0.39, 0.29) is 22.8 Å². The number of nitrogens with two attached hydrogens (primary N) is 1. The Hall–Kier alpha value is -2.94. The SMILES string of the molecule is Cc1cc2c(c(=O)o1)[C@H](c1ccco1)C(C#N)=C(N)O2. The van der Waals surface area contributed by atoms with Crippen molar-refractivity contribution in [1.29, 1.82) is 5.26 Å². The number of nitrogens with zero attached hydrogens (tertiary/aromatic N) is 1. The Morgan fingerprint density at radius 3 is 2.90 bits per heavy atom. The quantitative estimate of drug-likeness (QED) is 0.846. The molecule has 1 aliphatic heterocycles. The molecule has 0 bridgehead atoms. The summed E-state index contributed by atoms with van der Waals surface area (Å²) in [6.45, 7) is 1.63. The lowest BCUT2D eigenvalue weighted by Crippen LogP contribution is -2.26. The van der Waals surface area contributed by atoms with Crippen LogP contribution >= 0.6 is 0 Å². The van der Waals surface area contributed by atoms with Crippen LogP contribution in [0.4, 0.5) is 0 Å². The predicted octanol–water partition coefficient (Wildman–Crippen LogP) is 1.76. The zero-order valence-electron chi connectivity index (χ0n) is 10.5. The van der Waals surface area contributed by atoms with Crippen molar-refractivity contribution in [1.82, 2.24) is 0 Å². The molecule has 0 saturated carbocycles. The number of hydrogen-bond donors (Lipinski definition) is 1. The van der Waals surface area contributed by atoms with Crippen molar-refractivity contribution in [3.8, 4) is 11.8 Å². The maximum Gasteiger partial charge on any atom is 0.344 e. The van der Waals surface area contributed by atoms with Crippen molar-refractivity contribution in [3.63, 3.8) is 0 Å². The predicted molar refractivity (Wildman–Crippen MR) is 67.7 cm³/mol. The minimum atomic E-state index is -0.712. The van der Waals surface area contributed by atoms with E-state index >= 15 is 0 Å². The van der Waals surface area contributed by atoms with Crippen LogP contribution in [0, 0.1) is 18.3 Å². The number of furan rings is 1. The molecule has 0 saturated heterocycles. The molecule has 0 aliphatic carbocycles. The van der Waals surface area contributed by atoms with Gasteiger partial charge in [-0.15, -0.1) is 0 Å². The van der Waals surface area contributed by atoms with Crippen molar-refractivity contribution in [2.45, 2.75) is 12.8 Å². The van der Waals surface area contributed by atoms with Gasteiger partial charge in [-0.05, 0) is 19.1 Å². The summed E-state index contributed by atoms with van der Waals surface area (Å²) >= 11 is 0. The first kappa shape index (κ1) is 12.1. The van der Waals surface area contributed by atoms with Crippen molar-refractivity contribution >= 4 is 0 Å². The summed E-state index contributed by atoms with van der Waals surface area (Å²) in [6.07, 6.45) is 1.46. The van der Waals surface area contributed by atoms with Gasteiger partial charge in [0.2, 0.25) is 5.88 Å². The van der Waals surface area contributed by atoms with E-state index in [9.17, 15) is 10.1 Å². The van der Waals surface area contributed by atoms with Gasteiger partial charge in [0.05, 0.1) is 17.7 Å². The number of rotatable bonds is 1. The number of nitriles is 1. The standard InChI is InChI=1S/C14H10N2O4/c1-7-5-10-12(14(17)19-7)11(9-3-2-4-18-9)8(6-15)13(16)20-10/h2-5,11H,16H2,1H3/t11-/m0/s1. The molecule has 2 N–H and O–H groups in total. The van der Waals surface area contributed by atoms with E-state index in [0.29, 0.717) is 11.5 Å². The summed E-state index contributed by atoms with van der Waals surface area (Å²) < 4.78 is 15.8. The first-order valence-electron chi connectivity index (χ1n) is 5.87. The fourth-order valence-electron chi connectivity index (χ4n) is 2.26. The number of allylic oxidation sites excluding steroid dienone is 1. The van der Waals surface area contributed by atoms with Crippen LogP contribution in [0.3, 0.4) is 0 Å². The highest BCUT2D eigenvalue weighted by Gasteiger charge is 2.35. The molecule has 0 aromatic carbocycles. The third-order valence-corrected chi connectivity index (χ3v) is 3.08. The van der Waals surface area contributed by atoms with Crippen LogP contribution < -0.4 is 16.1 Å². The lowest BCUT2D eigenvalue weighted by molar-refractivity contribution is 0.362. The van der Waals surface area contributed by atoms with Gasteiger partial charge in [0.15, 0.2) is 0 Å². The Kier molecular flexibility index (Phi) is 2.61. The molecule has 0 radical (unpaired) electrons. The molecule has 2 aromatic heterocycles. The van der Waals surface area contributed by atoms with Gasteiger partial charge in [-0.2, -0.15) is 5.26 Å². The van der Waals surface area contributed by atoms with Gasteiger partial charge in [-0.3, -0.25) is 0 Å². The van der Waals surface area contributed by atoms with Crippen LogP contribution in [0.1, 0.15) is 23.0 Å². The normalized spacial score (nSPS) is 17.3. The van der Waals surface area contributed by atoms with E-state index in [1.165, 1.54) is 6.26 Å². The second-order valence-electron chi connectivity index (χ2n) is 4.36. The molecule has 6 heteroatoms. The smallest absolute Gasteiger partial charge is 0.344 e. The maximum absolute atomic E-state index is 12.1. The van der Waals surface area contributed by atoms with E-state index < -0.39 is 11.5 Å². The lowest BCUT2D eigenvalue weighted by Gasteiger charge is -2.23. The number of fused-ring (bicyclic) bond motifs is 1. The molecule has 0 unspecified atom stereocenters. The summed E-state index contributed by atoms with van der Waals surface area (Å²) in [5.41, 5.74) is 5.54. The molecular formula is C14H10N2O4. The molecule has 20 heavy (non-hydrogen) atoms. The van der Waals surface area contributed by atoms with Crippen molar-refractivity contribution in [3.05, 3.63) is 63.4 Å². The molecule has 6 nitrogen and oxygen atoms in total. The zero-order valence-corrected chi connectivity index (χ0v) is 10.5. The minimum Gasteiger partial charge on any atom is -0.468 e. The van der Waals surface area contributed by atoms with E-state index in [0.717, 1.165) is 0 Å². The minimum absolute atomic E-state index is 0.0357.